The molecule has 134 valence electrons. The van der Waals surface area contributed by atoms with Crippen molar-refractivity contribution >= 4 is 28.6 Å². The second-order valence-electron chi connectivity index (χ2n) is 6.31. The highest BCUT2D eigenvalue weighted by Crippen LogP contribution is 2.28. The first-order valence-corrected chi connectivity index (χ1v) is 10.4. The van der Waals surface area contributed by atoms with Gasteiger partial charge in [0, 0.05) is 50.5 Å². The molecule has 5 nitrogen and oxygen atoms in total. The average Bonchev–Trinajstić information content (AvgIpc) is 3.35. The van der Waals surface area contributed by atoms with Crippen molar-refractivity contribution in [3.05, 3.63) is 58.7 Å². The molecular weight excluding hydrogens is 364 g/mol. The van der Waals surface area contributed by atoms with Gasteiger partial charge in [-0.05, 0) is 29.1 Å². The standard InChI is InChI=1S/C19H20N4OS2/c24-18(12-16-14-26-19(21-16)17-2-1-11-25-17)23-9-7-22(8-10-23)13-15-3-5-20-6-4-15/h1-6,11,14H,7-10,12-13H2. The Labute approximate surface area is 160 Å². The van der Waals surface area contributed by atoms with Crippen LogP contribution >= 0.6 is 22.7 Å². The highest BCUT2D eigenvalue weighted by molar-refractivity contribution is 7.20. The summed E-state index contributed by atoms with van der Waals surface area (Å²) in [6.07, 6.45) is 4.05. The molecule has 4 rings (SSSR count). The number of hydrogen-bond acceptors (Lipinski definition) is 6. The van der Waals surface area contributed by atoms with Crippen LogP contribution in [0.2, 0.25) is 0 Å². The van der Waals surface area contributed by atoms with E-state index in [1.807, 2.05) is 46.3 Å². The zero-order valence-corrected chi connectivity index (χ0v) is 16.0. The number of thiazole rings is 1. The Morgan fingerprint density at radius 2 is 1.88 bits per heavy atom. The van der Waals surface area contributed by atoms with E-state index in [0.29, 0.717) is 6.42 Å². The van der Waals surface area contributed by atoms with Gasteiger partial charge in [-0.15, -0.1) is 22.7 Å². The highest BCUT2D eigenvalue weighted by Gasteiger charge is 2.22. The summed E-state index contributed by atoms with van der Waals surface area (Å²) in [4.78, 5) is 26.8. The first-order chi connectivity index (χ1) is 12.8. The molecule has 0 saturated carbocycles. The highest BCUT2D eigenvalue weighted by atomic mass is 32.1. The van der Waals surface area contributed by atoms with Gasteiger partial charge in [-0.3, -0.25) is 14.7 Å². The fourth-order valence-corrected chi connectivity index (χ4v) is 4.70. The quantitative estimate of drug-likeness (QED) is 0.678. The molecule has 1 aliphatic rings. The summed E-state index contributed by atoms with van der Waals surface area (Å²) < 4.78 is 0. The molecule has 1 saturated heterocycles. The summed E-state index contributed by atoms with van der Waals surface area (Å²) >= 11 is 3.29. The minimum Gasteiger partial charge on any atom is -0.340 e. The number of rotatable bonds is 5. The van der Waals surface area contributed by atoms with E-state index in [-0.39, 0.29) is 5.91 Å². The Morgan fingerprint density at radius 3 is 2.62 bits per heavy atom. The topological polar surface area (TPSA) is 49.3 Å². The van der Waals surface area contributed by atoms with Crippen LogP contribution in [0.5, 0.6) is 0 Å². The lowest BCUT2D eigenvalue weighted by Gasteiger charge is -2.34. The maximum absolute atomic E-state index is 12.6. The van der Waals surface area contributed by atoms with E-state index in [4.69, 9.17) is 0 Å². The van der Waals surface area contributed by atoms with Crippen molar-refractivity contribution < 1.29 is 4.79 Å². The Hall–Kier alpha value is -2.09. The molecule has 0 atom stereocenters. The number of amides is 1. The van der Waals surface area contributed by atoms with Gasteiger partial charge in [-0.25, -0.2) is 4.98 Å². The van der Waals surface area contributed by atoms with E-state index in [0.717, 1.165) is 43.4 Å². The second kappa shape index (κ2) is 8.07. The molecule has 1 fully saturated rings. The van der Waals surface area contributed by atoms with Crippen LogP contribution in [0.3, 0.4) is 0 Å². The third kappa shape index (κ3) is 4.17. The van der Waals surface area contributed by atoms with Crippen LogP contribution in [-0.2, 0) is 17.8 Å². The first-order valence-electron chi connectivity index (χ1n) is 8.65. The molecule has 3 aromatic heterocycles. The number of nitrogens with zero attached hydrogens (tertiary/aromatic N) is 4. The fourth-order valence-electron chi connectivity index (χ4n) is 3.07. The molecule has 7 heteroatoms. The maximum atomic E-state index is 12.6. The molecule has 0 aromatic carbocycles. The Kier molecular flexibility index (Phi) is 5.38. The molecule has 0 N–H and O–H groups in total. The van der Waals surface area contributed by atoms with Gasteiger partial charge in [0.25, 0.3) is 0 Å². The van der Waals surface area contributed by atoms with Gasteiger partial charge in [0.2, 0.25) is 5.91 Å². The number of carbonyl (C=O) groups is 1. The van der Waals surface area contributed by atoms with E-state index in [9.17, 15) is 4.79 Å². The number of piperazine rings is 1. The van der Waals surface area contributed by atoms with Crippen molar-refractivity contribution in [1.82, 2.24) is 19.8 Å². The van der Waals surface area contributed by atoms with Crippen LogP contribution in [0.15, 0.2) is 47.4 Å². The molecule has 3 aromatic rings. The Balaban J connectivity index is 1.28. The summed E-state index contributed by atoms with van der Waals surface area (Å²) in [5, 5.41) is 5.06. The lowest BCUT2D eigenvalue weighted by Crippen LogP contribution is -2.48. The van der Waals surface area contributed by atoms with Crippen LogP contribution in [0, 0.1) is 0 Å². The van der Waals surface area contributed by atoms with Crippen LogP contribution in [0.25, 0.3) is 9.88 Å². The molecule has 1 aliphatic heterocycles. The molecular formula is C19H20N4OS2. The normalized spacial score (nSPS) is 15.3. The van der Waals surface area contributed by atoms with Crippen LogP contribution in [0.4, 0.5) is 0 Å². The van der Waals surface area contributed by atoms with Crippen molar-refractivity contribution in [3.63, 3.8) is 0 Å². The van der Waals surface area contributed by atoms with Gasteiger partial charge in [-0.2, -0.15) is 0 Å². The lowest BCUT2D eigenvalue weighted by molar-refractivity contribution is -0.132. The van der Waals surface area contributed by atoms with Gasteiger partial charge >= 0.3 is 0 Å². The van der Waals surface area contributed by atoms with E-state index in [1.165, 1.54) is 10.4 Å². The molecule has 0 radical (unpaired) electrons. The summed E-state index contributed by atoms with van der Waals surface area (Å²) in [5.74, 6) is 0.177. The lowest BCUT2D eigenvalue weighted by atomic mass is 10.2. The molecule has 1 amide bonds. The molecule has 0 aliphatic carbocycles. The molecule has 4 heterocycles. The zero-order chi connectivity index (χ0) is 17.8. The van der Waals surface area contributed by atoms with E-state index in [2.05, 4.69) is 20.9 Å². The predicted octanol–water partition coefficient (Wildman–Crippen LogP) is 3.15. The van der Waals surface area contributed by atoms with E-state index < -0.39 is 0 Å². The molecule has 0 unspecified atom stereocenters. The molecule has 26 heavy (non-hydrogen) atoms. The van der Waals surface area contributed by atoms with Gasteiger partial charge in [-0.1, -0.05) is 6.07 Å². The maximum Gasteiger partial charge on any atom is 0.228 e. The van der Waals surface area contributed by atoms with Crippen molar-refractivity contribution in [1.29, 1.82) is 0 Å². The Bertz CT molecular complexity index is 840. The largest absolute Gasteiger partial charge is 0.340 e. The third-order valence-corrected chi connectivity index (χ3v) is 6.43. The van der Waals surface area contributed by atoms with Gasteiger partial charge in [0.1, 0.15) is 5.01 Å². The average molecular weight is 385 g/mol. The summed E-state index contributed by atoms with van der Waals surface area (Å²) in [6.45, 7) is 4.30. The number of pyridine rings is 1. The smallest absolute Gasteiger partial charge is 0.228 e. The van der Waals surface area contributed by atoms with Gasteiger partial charge < -0.3 is 4.90 Å². The van der Waals surface area contributed by atoms with Crippen molar-refractivity contribution in [3.8, 4) is 9.88 Å². The number of thiophene rings is 1. The van der Waals surface area contributed by atoms with E-state index in [1.54, 1.807) is 22.7 Å². The van der Waals surface area contributed by atoms with Gasteiger partial charge in [0.05, 0.1) is 17.0 Å². The molecule has 0 bridgehead atoms. The summed E-state index contributed by atoms with van der Waals surface area (Å²) in [7, 11) is 0. The second-order valence-corrected chi connectivity index (χ2v) is 8.12. The summed E-state index contributed by atoms with van der Waals surface area (Å²) in [5.41, 5.74) is 2.14. The SMILES string of the molecule is O=C(Cc1csc(-c2cccs2)n1)N1CCN(Cc2ccncc2)CC1. The fraction of sp³-hybridized carbons (Fsp3) is 0.316. The number of hydrogen-bond donors (Lipinski definition) is 0. The van der Waals surface area contributed by atoms with Crippen LogP contribution < -0.4 is 0 Å². The minimum atomic E-state index is 0.177. The van der Waals surface area contributed by atoms with Crippen LogP contribution in [-0.4, -0.2) is 51.9 Å². The summed E-state index contributed by atoms with van der Waals surface area (Å²) in [6, 6.07) is 8.19. The Morgan fingerprint density at radius 1 is 1.08 bits per heavy atom. The van der Waals surface area contributed by atoms with Crippen molar-refractivity contribution in [2.75, 3.05) is 26.2 Å². The third-order valence-electron chi connectivity index (χ3n) is 4.50. The number of carbonyl (C=O) groups excluding carboxylic acids is 1. The van der Waals surface area contributed by atoms with Crippen LogP contribution in [0.1, 0.15) is 11.3 Å². The number of aromatic nitrogens is 2. The molecule has 0 spiro atoms. The van der Waals surface area contributed by atoms with E-state index >= 15 is 0 Å². The monoisotopic (exact) mass is 384 g/mol. The van der Waals surface area contributed by atoms with Gasteiger partial charge in [0.15, 0.2) is 0 Å². The predicted molar refractivity (Wildman–Crippen MR) is 105 cm³/mol. The zero-order valence-electron chi connectivity index (χ0n) is 14.4. The van der Waals surface area contributed by atoms with Crippen molar-refractivity contribution in [2.45, 2.75) is 13.0 Å². The first kappa shape index (κ1) is 17.3. The van der Waals surface area contributed by atoms with Crippen molar-refractivity contribution in [2.24, 2.45) is 0 Å². The minimum absolute atomic E-state index is 0.177.